The van der Waals surface area contributed by atoms with E-state index in [1.807, 2.05) is 0 Å². The Morgan fingerprint density at radius 3 is 2.92 bits per heavy atom. The number of aryl methyl sites for hydroxylation is 1. The molecule has 12 heavy (non-hydrogen) atoms. The first-order valence-electron chi connectivity index (χ1n) is 3.43. The van der Waals surface area contributed by atoms with Gasteiger partial charge >= 0.3 is 5.97 Å². The summed E-state index contributed by atoms with van der Waals surface area (Å²) in [5.74, 6) is -1.28. The molecule has 5 nitrogen and oxygen atoms in total. The quantitative estimate of drug-likeness (QED) is 0.532. The number of carbonyl (C=O) groups is 1. The summed E-state index contributed by atoms with van der Waals surface area (Å²) in [6, 6.07) is 0. The lowest BCUT2D eigenvalue weighted by Crippen LogP contribution is -2.11. The number of rotatable bonds is 2. The van der Waals surface area contributed by atoms with Gasteiger partial charge in [-0.05, 0) is 13.8 Å². The van der Waals surface area contributed by atoms with E-state index < -0.39 is 11.9 Å². The van der Waals surface area contributed by atoms with Crippen molar-refractivity contribution in [1.29, 1.82) is 0 Å². The zero-order valence-electron chi connectivity index (χ0n) is 6.77. The zero-order chi connectivity index (χ0) is 9.14. The number of hydrogen-bond donors (Lipinski definition) is 1. The molecule has 0 radical (unpaired) electrons. The molecule has 0 spiro atoms. The summed E-state index contributed by atoms with van der Waals surface area (Å²) >= 11 is 0. The van der Waals surface area contributed by atoms with Crippen LogP contribution < -0.4 is 0 Å². The molecule has 1 aromatic heterocycles. The average Bonchev–Trinajstić information content (AvgIpc) is 2.48. The molecule has 0 fully saturated rings. The minimum Gasteiger partial charge on any atom is -0.364 e. The van der Waals surface area contributed by atoms with Crippen LogP contribution in [-0.4, -0.2) is 16.4 Å². The van der Waals surface area contributed by atoms with Gasteiger partial charge in [0.2, 0.25) is 0 Å². The van der Waals surface area contributed by atoms with Gasteiger partial charge in [0.25, 0.3) is 0 Å². The Labute approximate surface area is 68.9 Å². The van der Waals surface area contributed by atoms with Gasteiger partial charge in [0.1, 0.15) is 6.26 Å². The highest BCUT2D eigenvalue weighted by molar-refractivity contribution is 5.77. The Hall–Kier alpha value is -1.36. The largest absolute Gasteiger partial charge is 0.364 e. The van der Waals surface area contributed by atoms with Crippen LogP contribution >= 0.6 is 0 Å². The standard InChI is InChI=1S/C7H9NO4/c1-4(7(9)12-10)6-3-11-8-5(6)2/h3-4,10H,1-2H3. The molecule has 1 unspecified atom stereocenters. The molecule has 1 atom stereocenters. The molecule has 1 aromatic rings. The maximum absolute atomic E-state index is 10.8. The lowest BCUT2D eigenvalue weighted by molar-refractivity contribution is -0.235. The predicted molar refractivity (Wildman–Crippen MR) is 38.4 cm³/mol. The van der Waals surface area contributed by atoms with Gasteiger partial charge in [0, 0.05) is 5.56 Å². The summed E-state index contributed by atoms with van der Waals surface area (Å²) in [4.78, 5) is 14.4. The third kappa shape index (κ3) is 1.45. The van der Waals surface area contributed by atoms with Crippen molar-refractivity contribution in [3.63, 3.8) is 0 Å². The molecule has 1 rings (SSSR count). The summed E-state index contributed by atoms with van der Waals surface area (Å²) in [6.45, 7) is 3.30. The van der Waals surface area contributed by atoms with Crippen LogP contribution in [0.5, 0.6) is 0 Å². The Bertz CT molecular complexity index is 281. The molecule has 1 N–H and O–H groups in total. The van der Waals surface area contributed by atoms with Crippen LogP contribution in [0, 0.1) is 6.92 Å². The van der Waals surface area contributed by atoms with Gasteiger partial charge in [0.15, 0.2) is 0 Å². The van der Waals surface area contributed by atoms with E-state index in [1.54, 1.807) is 13.8 Å². The average molecular weight is 171 g/mol. The van der Waals surface area contributed by atoms with Crippen LogP contribution in [-0.2, 0) is 9.68 Å². The maximum Gasteiger partial charge on any atom is 0.349 e. The Balaban J connectivity index is 2.84. The predicted octanol–water partition coefficient (Wildman–Crippen LogP) is 1.10. The van der Waals surface area contributed by atoms with Crippen molar-refractivity contribution < 1.29 is 19.5 Å². The molecular formula is C7H9NO4. The van der Waals surface area contributed by atoms with E-state index in [1.165, 1.54) is 6.26 Å². The minimum absolute atomic E-state index is 0.554. The SMILES string of the molecule is Cc1nocc1C(C)C(=O)OO. The molecule has 0 aromatic carbocycles. The molecule has 0 bridgehead atoms. The van der Waals surface area contributed by atoms with Gasteiger partial charge < -0.3 is 9.41 Å². The highest BCUT2D eigenvalue weighted by atomic mass is 17.1. The van der Waals surface area contributed by atoms with E-state index >= 15 is 0 Å². The normalized spacial score (nSPS) is 12.6. The number of aromatic nitrogens is 1. The number of nitrogens with zero attached hydrogens (tertiary/aromatic N) is 1. The van der Waals surface area contributed by atoms with E-state index in [4.69, 9.17) is 5.26 Å². The molecule has 0 saturated heterocycles. The minimum atomic E-state index is -0.721. The lowest BCUT2D eigenvalue weighted by atomic mass is 10.0. The van der Waals surface area contributed by atoms with Crippen molar-refractivity contribution >= 4 is 5.97 Å². The van der Waals surface area contributed by atoms with Crippen molar-refractivity contribution in [2.45, 2.75) is 19.8 Å². The summed E-state index contributed by atoms with van der Waals surface area (Å²) in [7, 11) is 0. The molecule has 0 saturated carbocycles. The van der Waals surface area contributed by atoms with Crippen molar-refractivity contribution in [3.05, 3.63) is 17.5 Å². The lowest BCUT2D eigenvalue weighted by Gasteiger charge is -2.03. The van der Waals surface area contributed by atoms with Gasteiger partial charge in [0.05, 0.1) is 11.6 Å². The monoisotopic (exact) mass is 171 g/mol. The number of hydrogen-bond acceptors (Lipinski definition) is 5. The second-order valence-electron chi connectivity index (χ2n) is 2.49. The van der Waals surface area contributed by atoms with Crippen molar-refractivity contribution in [1.82, 2.24) is 5.16 Å². The van der Waals surface area contributed by atoms with Crippen LogP contribution in [0.2, 0.25) is 0 Å². The number of carbonyl (C=O) groups excluding carboxylic acids is 1. The summed E-state index contributed by atoms with van der Waals surface area (Å²) < 4.78 is 4.62. The van der Waals surface area contributed by atoms with Gasteiger partial charge in [-0.1, -0.05) is 5.16 Å². The first-order valence-corrected chi connectivity index (χ1v) is 3.43. The Morgan fingerprint density at radius 2 is 2.50 bits per heavy atom. The topological polar surface area (TPSA) is 72.6 Å². The first-order chi connectivity index (χ1) is 5.66. The smallest absolute Gasteiger partial charge is 0.349 e. The fourth-order valence-electron chi connectivity index (χ4n) is 0.922. The van der Waals surface area contributed by atoms with E-state index in [-0.39, 0.29) is 0 Å². The van der Waals surface area contributed by atoms with Gasteiger partial charge in [-0.15, -0.1) is 0 Å². The molecule has 0 aliphatic heterocycles. The van der Waals surface area contributed by atoms with Gasteiger partial charge in [-0.25, -0.2) is 4.79 Å². The second-order valence-corrected chi connectivity index (χ2v) is 2.49. The summed E-state index contributed by atoms with van der Waals surface area (Å²) in [5, 5.41) is 11.7. The van der Waals surface area contributed by atoms with E-state index in [9.17, 15) is 4.79 Å². The van der Waals surface area contributed by atoms with Crippen LogP contribution in [0.25, 0.3) is 0 Å². The van der Waals surface area contributed by atoms with E-state index in [0.29, 0.717) is 11.3 Å². The Morgan fingerprint density at radius 1 is 1.83 bits per heavy atom. The molecule has 0 amide bonds. The molecule has 66 valence electrons. The highest BCUT2D eigenvalue weighted by Gasteiger charge is 2.21. The van der Waals surface area contributed by atoms with Crippen LogP contribution in [0.3, 0.4) is 0 Å². The van der Waals surface area contributed by atoms with Gasteiger partial charge in [-0.2, -0.15) is 5.26 Å². The highest BCUT2D eigenvalue weighted by Crippen LogP contribution is 2.19. The zero-order valence-corrected chi connectivity index (χ0v) is 6.77. The van der Waals surface area contributed by atoms with Crippen LogP contribution in [0.4, 0.5) is 0 Å². The molecule has 0 aliphatic carbocycles. The third-order valence-corrected chi connectivity index (χ3v) is 1.70. The fraction of sp³-hybridized carbons (Fsp3) is 0.429. The molecule has 5 heteroatoms. The van der Waals surface area contributed by atoms with Crippen molar-refractivity contribution in [3.8, 4) is 0 Å². The van der Waals surface area contributed by atoms with E-state index in [0.717, 1.165) is 0 Å². The van der Waals surface area contributed by atoms with Crippen LogP contribution in [0.1, 0.15) is 24.1 Å². The maximum atomic E-state index is 10.8. The first kappa shape index (κ1) is 8.73. The molecule has 1 heterocycles. The Kier molecular flexibility index (Phi) is 2.44. The van der Waals surface area contributed by atoms with Crippen LogP contribution in [0.15, 0.2) is 10.8 Å². The third-order valence-electron chi connectivity index (χ3n) is 1.70. The second kappa shape index (κ2) is 3.36. The summed E-state index contributed by atoms with van der Waals surface area (Å²) in [6.07, 6.45) is 1.36. The van der Waals surface area contributed by atoms with Crippen molar-refractivity contribution in [2.24, 2.45) is 0 Å². The van der Waals surface area contributed by atoms with E-state index in [2.05, 4.69) is 14.6 Å². The molecule has 0 aliphatic rings. The molecular weight excluding hydrogens is 162 g/mol. The van der Waals surface area contributed by atoms with Crippen molar-refractivity contribution in [2.75, 3.05) is 0 Å². The summed E-state index contributed by atoms with van der Waals surface area (Å²) in [5.41, 5.74) is 1.24. The fourth-order valence-corrected chi connectivity index (χ4v) is 0.922. The van der Waals surface area contributed by atoms with Gasteiger partial charge in [-0.3, -0.25) is 0 Å².